The quantitative estimate of drug-likeness (QED) is 0.927. The van der Waals surface area contributed by atoms with Crippen LogP contribution in [0.1, 0.15) is 52.1 Å². The van der Waals surface area contributed by atoms with E-state index in [4.69, 9.17) is 5.11 Å². The highest BCUT2D eigenvalue weighted by molar-refractivity contribution is 5.96. The molecular formula is C17H20N4O3. The zero-order valence-electron chi connectivity index (χ0n) is 13.6. The van der Waals surface area contributed by atoms with Crippen molar-refractivity contribution in [2.24, 2.45) is 0 Å². The van der Waals surface area contributed by atoms with Crippen molar-refractivity contribution in [3.63, 3.8) is 0 Å². The fraction of sp³-hybridized carbons (Fsp3) is 0.412. The number of aromatic nitrogens is 3. The minimum atomic E-state index is -1.13. The molecule has 1 saturated heterocycles. The number of rotatable bonds is 4. The van der Waals surface area contributed by atoms with Crippen LogP contribution < -0.4 is 0 Å². The van der Waals surface area contributed by atoms with Gasteiger partial charge < -0.3 is 10.0 Å². The minimum Gasteiger partial charge on any atom is -0.477 e. The standard InChI is InChI=1S/C17H20N4O3/c1-2-21-11-14(10-19-21)12-4-7-20(8-5-12)16(22)13-3-6-18-15(9-13)17(23)24/h3,6,9-12H,2,4-5,7-8H2,1H3,(H,23,24). The summed E-state index contributed by atoms with van der Waals surface area (Å²) in [5.74, 6) is -0.847. The Balaban J connectivity index is 1.64. The molecule has 1 fully saturated rings. The third kappa shape index (κ3) is 3.29. The van der Waals surface area contributed by atoms with Crippen LogP contribution in [-0.2, 0) is 6.54 Å². The maximum atomic E-state index is 12.6. The Morgan fingerprint density at radius 1 is 1.33 bits per heavy atom. The lowest BCUT2D eigenvalue weighted by molar-refractivity contribution is 0.0690. The van der Waals surface area contributed by atoms with Crippen LogP contribution in [0, 0.1) is 0 Å². The van der Waals surface area contributed by atoms with Crippen LogP contribution in [0.5, 0.6) is 0 Å². The van der Waals surface area contributed by atoms with Crippen molar-refractivity contribution >= 4 is 11.9 Å². The third-order valence-electron chi connectivity index (χ3n) is 4.46. The van der Waals surface area contributed by atoms with Gasteiger partial charge in [-0.1, -0.05) is 0 Å². The molecule has 0 bridgehead atoms. The van der Waals surface area contributed by atoms with Gasteiger partial charge in [-0.3, -0.25) is 9.48 Å². The van der Waals surface area contributed by atoms with Crippen molar-refractivity contribution in [1.82, 2.24) is 19.7 Å². The number of hydrogen-bond acceptors (Lipinski definition) is 4. The Morgan fingerprint density at radius 3 is 2.71 bits per heavy atom. The van der Waals surface area contributed by atoms with Gasteiger partial charge in [0.25, 0.3) is 5.91 Å². The summed E-state index contributed by atoms with van der Waals surface area (Å²) in [5, 5.41) is 13.3. The molecule has 1 aliphatic rings. The summed E-state index contributed by atoms with van der Waals surface area (Å²) in [4.78, 5) is 29.1. The van der Waals surface area contributed by atoms with Crippen molar-refractivity contribution in [3.8, 4) is 0 Å². The molecule has 1 amide bonds. The first-order valence-electron chi connectivity index (χ1n) is 8.09. The maximum absolute atomic E-state index is 12.6. The van der Waals surface area contributed by atoms with Gasteiger partial charge in [-0.05, 0) is 43.4 Å². The molecule has 0 spiro atoms. The van der Waals surface area contributed by atoms with Gasteiger partial charge in [-0.2, -0.15) is 5.10 Å². The molecule has 0 atom stereocenters. The molecule has 3 rings (SSSR count). The number of carboxylic acids is 1. The van der Waals surface area contributed by atoms with E-state index in [-0.39, 0.29) is 11.6 Å². The number of hydrogen-bond donors (Lipinski definition) is 1. The summed E-state index contributed by atoms with van der Waals surface area (Å²) in [6.07, 6.45) is 7.12. The molecule has 0 radical (unpaired) electrons. The summed E-state index contributed by atoms with van der Waals surface area (Å²) in [6.45, 7) is 4.22. The molecular weight excluding hydrogens is 308 g/mol. The average molecular weight is 328 g/mol. The molecule has 7 heteroatoms. The highest BCUT2D eigenvalue weighted by Gasteiger charge is 2.25. The van der Waals surface area contributed by atoms with E-state index in [1.807, 2.05) is 10.9 Å². The van der Waals surface area contributed by atoms with Crippen molar-refractivity contribution in [2.75, 3.05) is 13.1 Å². The van der Waals surface area contributed by atoms with E-state index in [0.29, 0.717) is 24.6 Å². The number of carbonyl (C=O) groups is 2. The molecule has 0 aromatic carbocycles. The number of carboxylic acid groups (broad SMARTS) is 1. The zero-order chi connectivity index (χ0) is 17.1. The minimum absolute atomic E-state index is 0.109. The largest absolute Gasteiger partial charge is 0.477 e. The Labute approximate surface area is 139 Å². The predicted octanol–water partition coefficient (Wildman–Crippen LogP) is 2.02. The second kappa shape index (κ2) is 6.82. The summed E-state index contributed by atoms with van der Waals surface area (Å²) in [6, 6.07) is 2.90. The fourth-order valence-electron chi connectivity index (χ4n) is 3.04. The first kappa shape index (κ1) is 16.2. The number of aryl methyl sites for hydroxylation is 1. The molecule has 3 heterocycles. The molecule has 126 valence electrons. The van der Waals surface area contributed by atoms with Gasteiger partial charge in [0.05, 0.1) is 6.20 Å². The number of nitrogens with zero attached hydrogens (tertiary/aromatic N) is 4. The summed E-state index contributed by atoms with van der Waals surface area (Å²) in [5.41, 5.74) is 1.49. The lowest BCUT2D eigenvalue weighted by Gasteiger charge is -2.31. The Hall–Kier alpha value is -2.70. The smallest absolute Gasteiger partial charge is 0.354 e. The van der Waals surface area contributed by atoms with E-state index < -0.39 is 5.97 Å². The third-order valence-corrected chi connectivity index (χ3v) is 4.46. The molecule has 2 aromatic heterocycles. The molecule has 0 saturated carbocycles. The van der Waals surface area contributed by atoms with E-state index in [1.165, 1.54) is 17.8 Å². The molecule has 24 heavy (non-hydrogen) atoms. The number of piperidine rings is 1. The molecule has 1 aliphatic heterocycles. The van der Waals surface area contributed by atoms with Crippen LogP contribution in [0.3, 0.4) is 0 Å². The van der Waals surface area contributed by atoms with E-state index in [1.54, 1.807) is 11.0 Å². The molecule has 1 N–H and O–H groups in total. The van der Waals surface area contributed by atoms with Gasteiger partial charge in [0, 0.05) is 37.6 Å². The molecule has 0 unspecified atom stereocenters. The van der Waals surface area contributed by atoms with Crippen LogP contribution in [0.4, 0.5) is 0 Å². The number of carbonyl (C=O) groups excluding carboxylic acids is 1. The monoisotopic (exact) mass is 328 g/mol. The van der Waals surface area contributed by atoms with Crippen LogP contribution >= 0.6 is 0 Å². The Kier molecular flexibility index (Phi) is 4.59. The van der Waals surface area contributed by atoms with Gasteiger partial charge in [0.2, 0.25) is 0 Å². The summed E-state index contributed by atoms with van der Waals surface area (Å²) < 4.78 is 1.91. The van der Waals surface area contributed by atoms with Crippen LogP contribution in [0.25, 0.3) is 0 Å². The van der Waals surface area contributed by atoms with Crippen LogP contribution in [-0.4, -0.2) is 49.7 Å². The van der Waals surface area contributed by atoms with Gasteiger partial charge >= 0.3 is 5.97 Å². The van der Waals surface area contributed by atoms with E-state index in [2.05, 4.69) is 23.2 Å². The van der Waals surface area contributed by atoms with Crippen molar-refractivity contribution in [3.05, 3.63) is 47.5 Å². The topological polar surface area (TPSA) is 88.3 Å². The Morgan fingerprint density at radius 2 is 2.08 bits per heavy atom. The van der Waals surface area contributed by atoms with Gasteiger partial charge in [-0.25, -0.2) is 9.78 Å². The van der Waals surface area contributed by atoms with Crippen molar-refractivity contribution in [1.29, 1.82) is 0 Å². The maximum Gasteiger partial charge on any atom is 0.354 e. The van der Waals surface area contributed by atoms with Crippen molar-refractivity contribution < 1.29 is 14.7 Å². The second-order valence-corrected chi connectivity index (χ2v) is 5.93. The first-order chi connectivity index (χ1) is 11.6. The van der Waals surface area contributed by atoms with Gasteiger partial charge in [0.15, 0.2) is 0 Å². The lowest BCUT2D eigenvalue weighted by Crippen LogP contribution is -2.38. The molecule has 7 nitrogen and oxygen atoms in total. The van der Waals surface area contributed by atoms with E-state index >= 15 is 0 Å². The average Bonchev–Trinajstić information content (AvgIpc) is 3.10. The number of amides is 1. The normalized spacial score (nSPS) is 15.5. The SMILES string of the molecule is CCn1cc(C2CCN(C(=O)c3ccnc(C(=O)O)c3)CC2)cn1. The predicted molar refractivity (Wildman–Crippen MR) is 87.0 cm³/mol. The van der Waals surface area contributed by atoms with Gasteiger partial charge in [0.1, 0.15) is 5.69 Å². The number of pyridine rings is 1. The van der Waals surface area contributed by atoms with Crippen LogP contribution in [0.15, 0.2) is 30.7 Å². The fourth-order valence-corrected chi connectivity index (χ4v) is 3.04. The highest BCUT2D eigenvalue weighted by Crippen LogP contribution is 2.28. The second-order valence-electron chi connectivity index (χ2n) is 5.93. The Bertz CT molecular complexity index is 748. The molecule has 0 aliphatic carbocycles. The van der Waals surface area contributed by atoms with E-state index in [0.717, 1.165) is 19.4 Å². The zero-order valence-corrected chi connectivity index (χ0v) is 13.6. The molecule has 2 aromatic rings. The first-order valence-corrected chi connectivity index (χ1v) is 8.09. The number of aromatic carboxylic acids is 1. The summed E-state index contributed by atoms with van der Waals surface area (Å²) in [7, 11) is 0. The van der Waals surface area contributed by atoms with E-state index in [9.17, 15) is 9.59 Å². The number of likely N-dealkylation sites (tertiary alicyclic amines) is 1. The van der Waals surface area contributed by atoms with Crippen LogP contribution in [0.2, 0.25) is 0 Å². The highest BCUT2D eigenvalue weighted by atomic mass is 16.4. The summed E-state index contributed by atoms with van der Waals surface area (Å²) >= 11 is 0. The lowest BCUT2D eigenvalue weighted by atomic mass is 9.91. The van der Waals surface area contributed by atoms with Gasteiger partial charge in [-0.15, -0.1) is 0 Å². The van der Waals surface area contributed by atoms with Crippen molar-refractivity contribution in [2.45, 2.75) is 32.2 Å².